The number of ketones is 2. The number of aromatic nitrogens is 2. The van der Waals surface area contributed by atoms with Crippen molar-refractivity contribution in [3.05, 3.63) is 117 Å². The number of allylic oxidation sites excluding steroid dienone is 4. The zero-order chi connectivity index (χ0) is 37.8. The lowest BCUT2D eigenvalue weighted by molar-refractivity contribution is 0.106. The van der Waals surface area contributed by atoms with Crippen LogP contribution in [-0.2, 0) is 10.8 Å². The summed E-state index contributed by atoms with van der Waals surface area (Å²) in [7, 11) is 0. The molecule has 4 aliphatic carbocycles. The topological polar surface area (TPSA) is 180 Å². The van der Waals surface area contributed by atoms with Crippen LogP contribution < -0.4 is 0 Å². The number of carbonyl (C=O) groups is 2. The molecule has 0 unspecified atom stereocenters. The fourth-order valence-electron chi connectivity index (χ4n) is 7.91. The Hall–Kier alpha value is -6.96. The molecule has 0 fully saturated rings. The molecule has 0 saturated carbocycles. The third kappa shape index (κ3) is 4.27. The summed E-state index contributed by atoms with van der Waals surface area (Å²) in [5, 5.41) is 39.7. The molecule has 0 N–H and O–H groups in total. The molecule has 54 heavy (non-hydrogen) atoms. The second-order valence-corrected chi connectivity index (χ2v) is 16.1. The molecule has 0 atom stereocenters. The Morgan fingerprint density at radius 1 is 0.574 bits per heavy atom. The molecule has 0 aliphatic heterocycles. The number of fused-ring (bicyclic) bond motifs is 8. The van der Waals surface area contributed by atoms with E-state index in [-0.39, 0.29) is 45.3 Å². The van der Waals surface area contributed by atoms with Crippen molar-refractivity contribution in [2.24, 2.45) is 9.98 Å². The molecule has 4 aliphatic rings. The Balaban J connectivity index is 1.14. The minimum absolute atomic E-state index is 0.0343. The second kappa shape index (κ2) is 11.3. The summed E-state index contributed by atoms with van der Waals surface area (Å²) < 4.78 is 0. The van der Waals surface area contributed by atoms with Crippen LogP contribution in [0.25, 0.3) is 32.0 Å². The minimum Gasteiger partial charge on any atom is -0.287 e. The predicted octanol–water partition coefficient (Wildman–Crippen LogP) is 8.75. The normalized spacial score (nSPS) is 17.6. The average Bonchev–Trinajstić information content (AvgIpc) is 3.98. The average molecular weight is 735 g/mol. The van der Waals surface area contributed by atoms with Crippen LogP contribution in [0.1, 0.15) is 82.1 Å². The predicted molar refractivity (Wildman–Crippen MR) is 205 cm³/mol. The van der Waals surface area contributed by atoms with Crippen molar-refractivity contribution in [2.45, 2.75) is 38.5 Å². The number of thiazole rings is 2. The van der Waals surface area contributed by atoms with Crippen molar-refractivity contribution in [3.8, 4) is 45.2 Å². The van der Waals surface area contributed by atoms with Gasteiger partial charge in [0.2, 0.25) is 21.8 Å². The molecule has 5 aromatic rings. The summed E-state index contributed by atoms with van der Waals surface area (Å²) in [6.45, 7) is 8.37. The van der Waals surface area contributed by atoms with Crippen LogP contribution in [0.15, 0.2) is 81.8 Å². The summed E-state index contributed by atoms with van der Waals surface area (Å²) in [5.74, 6) is -0.711. The van der Waals surface area contributed by atoms with Gasteiger partial charge in [0.25, 0.3) is 0 Å². The van der Waals surface area contributed by atoms with E-state index in [0.717, 1.165) is 43.4 Å². The van der Waals surface area contributed by atoms with E-state index in [1.807, 2.05) is 24.3 Å². The number of hydrogen-bond acceptors (Lipinski definition) is 12. The number of rotatable bonds is 2. The molecular weight excluding hydrogens is 713 g/mol. The van der Waals surface area contributed by atoms with E-state index < -0.39 is 10.8 Å². The quantitative estimate of drug-likeness (QED) is 0.161. The van der Waals surface area contributed by atoms with Gasteiger partial charge < -0.3 is 0 Å². The van der Waals surface area contributed by atoms with Crippen molar-refractivity contribution in [2.75, 3.05) is 0 Å². The highest BCUT2D eigenvalue weighted by atomic mass is 32.1. The zero-order valence-electron chi connectivity index (χ0n) is 29.0. The number of benzene rings is 3. The Kier molecular flexibility index (Phi) is 6.87. The van der Waals surface area contributed by atoms with Crippen molar-refractivity contribution in [1.82, 2.24) is 9.97 Å². The number of nitriles is 4. The van der Waals surface area contributed by atoms with Crippen LogP contribution in [0.3, 0.4) is 0 Å². The maximum absolute atomic E-state index is 13.5. The summed E-state index contributed by atoms with van der Waals surface area (Å²) in [6.07, 6.45) is 0. The van der Waals surface area contributed by atoms with Gasteiger partial charge in [-0.25, -0.2) is 20.0 Å². The summed E-state index contributed by atoms with van der Waals surface area (Å²) in [5.41, 5.74) is 6.69. The summed E-state index contributed by atoms with van der Waals surface area (Å²) in [4.78, 5) is 48.2. The van der Waals surface area contributed by atoms with Crippen molar-refractivity contribution in [3.63, 3.8) is 0 Å². The SMILES string of the molecule is CC1(C)c2cc3c(cc2-c2sc(N=C4C(=O)c5ccccc5C4=C(C#N)C#N)nc21)C(C)(C)c1nc(N=C2C(=O)c4ccccc4C2=C(C#N)C#N)sc1-3. The first-order valence-electron chi connectivity index (χ1n) is 16.7. The first-order valence-corrected chi connectivity index (χ1v) is 18.4. The highest BCUT2D eigenvalue weighted by Crippen LogP contribution is 2.59. The van der Waals surface area contributed by atoms with Gasteiger partial charge in [0.15, 0.2) is 0 Å². The number of aliphatic imine (C=N–C) groups is 2. The van der Waals surface area contributed by atoms with E-state index in [1.54, 1.807) is 48.5 Å². The Labute approximate surface area is 316 Å². The van der Waals surface area contributed by atoms with Crippen LogP contribution in [0.2, 0.25) is 0 Å². The first kappa shape index (κ1) is 32.9. The van der Waals surface area contributed by atoms with Crippen LogP contribution in [0, 0.1) is 45.3 Å². The molecule has 3 aromatic carbocycles. The van der Waals surface area contributed by atoms with E-state index in [0.29, 0.717) is 32.5 Å². The lowest BCUT2D eigenvalue weighted by atomic mass is 9.81. The smallest absolute Gasteiger partial charge is 0.212 e. The fourth-order valence-corrected chi connectivity index (χ4v) is 10.2. The fraction of sp³-hybridized carbons (Fsp3) is 0.143. The summed E-state index contributed by atoms with van der Waals surface area (Å²) >= 11 is 2.73. The van der Waals surface area contributed by atoms with Crippen LogP contribution in [0.4, 0.5) is 10.3 Å². The molecule has 2 aromatic heterocycles. The lowest BCUT2D eigenvalue weighted by Crippen LogP contribution is -2.18. The molecule has 9 rings (SSSR count). The van der Waals surface area contributed by atoms with Gasteiger partial charge in [-0.2, -0.15) is 21.0 Å². The molecule has 254 valence electrons. The molecule has 10 nitrogen and oxygen atoms in total. The van der Waals surface area contributed by atoms with Crippen molar-refractivity contribution in [1.29, 1.82) is 21.0 Å². The largest absolute Gasteiger partial charge is 0.287 e. The van der Waals surface area contributed by atoms with E-state index in [4.69, 9.17) is 20.0 Å². The Morgan fingerprint density at radius 3 is 1.28 bits per heavy atom. The van der Waals surface area contributed by atoms with Gasteiger partial charge >= 0.3 is 0 Å². The van der Waals surface area contributed by atoms with Gasteiger partial charge in [-0.15, -0.1) is 0 Å². The molecule has 0 radical (unpaired) electrons. The minimum atomic E-state index is -0.534. The van der Waals surface area contributed by atoms with E-state index >= 15 is 0 Å². The van der Waals surface area contributed by atoms with E-state index in [1.165, 1.54) is 22.7 Å². The van der Waals surface area contributed by atoms with Gasteiger partial charge in [0.1, 0.15) is 46.8 Å². The number of nitrogens with zero attached hydrogens (tertiary/aromatic N) is 8. The van der Waals surface area contributed by atoms with E-state index in [2.05, 4.69) is 39.8 Å². The van der Waals surface area contributed by atoms with Gasteiger partial charge in [-0.1, -0.05) is 98.9 Å². The zero-order valence-corrected chi connectivity index (χ0v) is 30.6. The number of Topliss-reactive ketones (excluding diaryl/α,β-unsaturated/α-hetero) is 2. The maximum Gasteiger partial charge on any atom is 0.212 e. The van der Waals surface area contributed by atoms with Crippen LogP contribution in [-0.4, -0.2) is 33.0 Å². The summed E-state index contributed by atoms with van der Waals surface area (Å²) in [6, 6.07) is 25.8. The lowest BCUT2D eigenvalue weighted by Gasteiger charge is -2.23. The van der Waals surface area contributed by atoms with Gasteiger partial charge in [-0.3, -0.25) is 9.59 Å². The van der Waals surface area contributed by atoms with Crippen molar-refractivity contribution >= 4 is 67.1 Å². The molecular formula is C42H22N8O2S2. The number of carbonyl (C=O) groups excluding carboxylic acids is 2. The highest BCUT2D eigenvalue weighted by molar-refractivity contribution is 7.19. The number of hydrogen-bond donors (Lipinski definition) is 0. The monoisotopic (exact) mass is 734 g/mol. The molecule has 0 saturated heterocycles. The molecule has 0 bridgehead atoms. The third-order valence-electron chi connectivity index (χ3n) is 10.6. The molecule has 12 heteroatoms. The van der Waals surface area contributed by atoms with Gasteiger partial charge in [-0.05, 0) is 45.5 Å². The Bertz CT molecular complexity index is 2740. The van der Waals surface area contributed by atoms with Crippen molar-refractivity contribution < 1.29 is 9.59 Å². The first-order chi connectivity index (χ1) is 25.9. The highest BCUT2D eigenvalue weighted by Gasteiger charge is 2.46. The third-order valence-corrected chi connectivity index (χ3v) is 12.5. The molecule has 0 amide bonds. The molecule has 2 heterocycles. The maximum atomic E-state index is 13.5. The van der Waals surface area contributed by atoms with Gasteiger partial charge in [0.05, 0.1) is 21.1 Å². The van der Waals surface area contributed by atoms with Gasteiger partial charge in [0, 0.05) is 33.1 Å². The van der Waals surface area contributed by atoms with Crippen LogP contribution in [0.5, 0.6) is 0 Å². The second-order valence-electron chi connectivity index (χ2n) is 14.2. The Morgan fingerprint density at radius 2 is 0.926 bits per heavy atom. The molecule has 0 spiro atoms. The standard InChI is InChI=1S/C42H22N8O2S2/c1-41(2)27-13-26-28(14-25(27)35-37(41)49-39(53-35)47-31-29(19(15-43)16-44)21-9-5-7-11-23(21)33(31)51)42(3,4)38-36(26)54-40(50-38)48-32-30(20(17-45)18-46)22-10-6-8-12-24(22)34(32)52/h5-14H,1-4H3. The van der Waals surface area contributed by atoms with E-state index in [9.17, 15) is 30.6 Å². The van der Waals surface area contributed by atoms with Crippen LogP contribution >= 0.6 is 22.7 Å².